The predicted molar refractivity (Wildman–Crippen MR) is 201 cm³/mol. The number of hydrogen-bond donors (Lipinski definition) is 0. The Balaban J connectivity index is 1.28. The van der Waals surface area contributed by atoms with E-state index in [-0.39, 0.29) is 0 Å². The summed E-state index contributed by atoms with van der Waals surface area (Å²) in [6.07, 6.45) is 0. The topological polar surface area (TPSA) is 16.4 Å². The lowest BCUT2D eigenvalue weighted by atomic mass is 9.92. The van der Waals surface area contributed by atoms with Gasteiger partial charge >= 0.3 is 0 Å². The smallest absolute Gasteiger partial charge is 0.159 e. The third kappa shape index (κ3) is 4.00. The van der Waals surface area contributed by atoms with Crippen molar-refractivity contribution in [2.45, 2.75) is 0 Å². The molecule has 1 heterocycles. The van der Waals surface area contributed by atoms with Crippen LogP contribution in [0.2, 0.25) is 0 Å². The Labute approximate surface area is 278 Å². The van der Waals surface area contributed by atoms with Crippen LogP contribution in [0.4, 0.5) is 17.1 Å². The molecule has 48 heavy (non-hydrogen) atoms. The molecule has 2 nitrogen and oxygen atoms in total. The number of nitrogens with zero attached hydrogens (tertiary/aromatic N) is 1. The van der Waals surface area contributed by atoms with Crippen molar-refractivity contribution < 1.29 is 4.42 Å². The van der Waals surface area contributed by atoms with Crippen LogP contribution in [-0.2, 0) is 0 Å². The molecule has 0 unspecified atom stereocenters. The van der Waals surface area contributed by atoms with E-state index in [0.29, 0.717) is 0 Å². The number of furan rings is 1. The van der Waals surface area contributed by atoms with E-state index in [1.54, 1.807) is 0 Å². The van der Waals surface area contributed by atoms with E-state index >= 15 is 0 Å². The van der Waals surface area contributed by atoms with Crippen LogP contribution in [0.15, 0.2) is 180 Å². The molecule has 0 radical (unpaired) electrons. The summed E-state index contributed by atoms with van der Waals surface area (Å²) >= 11 is 0. The lowest BCUT2D eigenvalue weighted by Gasteiger charge is -2.28. The van der Waals surface area contributed by atoms with Gasteiger partial charge in [-0.3, -0.25) is 0 Å². The third-order valence-corrected chi connectivity index (χ3v) is 9.84. The normalized spacial score (nSPS) is 11.8. The average molecular weight is 612 g/mol. The van der Waals surface area contributed by atoms with Gasteiger partial charge in [-0.05, 0) is 80.2 Å². The second-order valence-corrected chi connectivity index (χ2v) is 12.5. The van der Waals surface area contributed by atoms with Gasteiger partial charge in [0.2, 0.25) is 0 Å². The molecule has 0 N–H and O–H groups in total. The molecule has 224 valence electrons. The highest BCUT2D eigenvalue weighted by Crippen LogP contribution is 2.51. The summed E-state index contributed by atoms with van der Waals surface area (Å²) in [5.74, 6) is 0. The lowest BCUT2D eigenvalue weighted by Crippen LogP contribution is -2.11. The van der Waals surface area contributed by atoms with Gasteiger partial charge in [0.1, 0.15) is 5.58 Å². The molecular weight excluding hydrogens is 583 g/mol. The highest BCUT2D eigenvalue weighted by Gasteiger charge is 2.26. The van der Waals surface area contributed by atoms with Crippen LogP contribution in [0.25, 0.3) is 77.2 Å². The molecule has 0 fully saturated rings. The van der Waals surface area contributed by atoms with Gasteiger partial charge < -0.3 is 9.32 Å². The molecule has 2 heteroatoms. The fraction of sp³-hybridized carbons (Fsp3) is 0. The standard InChI is InChI=1S/C46H29NO/c1-2-12-30(13-3-1)31-24-26-32(27-25-31)47(43-22-11-20-40-37-18-8-9-23-44(37)48-46(40)43)42-29-28-39-36-17-7-5-15-34(36)33-14-4-6-16-35(33)38-19-10-21-41(42)45(38)39/h1-29H. The van der Waals surface area contributed by atoms with Crippen LogP contribution < -0.4 is 4.90 Å². The van der Waals surface area contributed by atoms with Crippen molar-refractivity contribution in [3.63, 3.8) is 0 Å². The molecule has 10 rings (SSSR count). The van der Waals surface area contributed by atoms with Crippen LogP contribution in [0.5, 0.6) is 0 Å². The van der Waals surface area contributed by atoms with Crippen LogP contribution in [-0.4, -0.2) is 0 Å². The number of benzene rings is 8. The summed E-state index contributed by atoms with van der Waals surface area (Å²) in [6, 6.07) is 63.3. The highest BCUT2D eigenvalue weighted by atomic mass is 16.3. The number of para-hydroxylation sites is 2. The first-order chi connectivity index (χ1) is 23.8. The molecular formula is C46H29NO. The van der Waals surface area contributed by atoms with Gasteiger partial charge in [-0.2, -0.15) is 0 Å². The van der Waals surface area contributed by atoms with Crippen molar-refractivity contribution in [3.8, 4) is 44.5 Å². The molecule has 8 aromatic carbocycles. The Hall–Kier alpha value is -6.38. The van der Waals surface area contributed by atoms with Crippen molar-refractivity contribution >= 4 is 49.8 Å². The third-order valence-electron chi connectivity index (χ3n) is 9.84. The SMILES string of the molecule is c1ccc(-c2ccc(N(c3ccc4c5c(cccc35)-c3ccccc3-c3ccccc3-4)c3cccc4c3oc3ccccc34)cc2)cc1. The minimum absolute atomic E-state index is 0.874. The maximum atomic E-state index is 6.66. The van der Waals surface area contributed by atoms with E-state index in [9.17, 15) is 0 Å². The van der Waals surface area contributed by atoms with Crippen molar-refractivity contribution in [1.82, 2.24) is 0 Å². The second-order valence-electron chi connectivity index (χ2n) is 12.5. The first kappa shape index (κ1) is 26.8. The molecule has 9 aromatic rings. The summed E-state index contributed by atoms with van der Waals surface area (Å²) in [6.45, 7) is 0. The Kier molecular flexibility index (Phi) is 5.91. The monoisotopic (exact) mass is 611 g/mol. The zero-order valence-corrected chi connectivity index (χ0v) is 26.1. The second kappa shape index (κ2) is 10.6. The molecule has 0 aliphatic heterocycles. The molecule has 0 atom stereocenters. The van der Waals surface area contributed by atoms with E-state index in [1.807, 2.05) is 6.07 Å². The van der Waals surface area contributed by atoms with Gasteiger partial charge in [0.05, 0.1) is 11.4 Å². The van der Waals surface area contributed by atoms with Crippen molar-refractivity contribution in [2.24, 2.45) is 0 Å². The number of hydrogen-bond acceptors (Lipinski definition) is 2. The minimum atomic E-state index is 0.874. The van der Waals surface area contributed by atoms with Crippen molar-refractivity contribution in [1.29, 1.82) is 0 Å². The Morgan fingerprint density at radius 3 is 1.62 bits per heavy atom. The largest absolute Gasteiger partial charge is 0.454 e. The Morgan fingerprint density at radius 2 is 0.875 bits per heavy atom. The summed E-state index contributed by atoms with van der Waals surface area (Å²) < 4.78 is 6.66. The molecule has 0 amide bonds. The first-order valence-corrected chi connectivity index (χ1v) is 16.4. The van der Waals surface area contributed by atoms with E-state index in [1.165, 1.54) is 55.3 Å². The molecule has 0 saturated heterocycles. The summed E-state index contributed by atoms with van der Waals surface area (Å²) in [5, 5.41) is 4.68. The number of rotatable bonds is 4. The molecule has 1 aliphatic rings. The van der Waals surface area contributed by atoms with Gasteiger partial charge in [-0.1, -0.05) is 146 Å². The van der Waals surface area contributed by atoms with E-state index in [2.05, 4.69) is 175 Å². The minimum Gasteiger partial charge on any atom is -0.454 e. The number of anilines is 3. The van der Waals surface area contributed by atoms with Crippen molar-refractivity contribution in [3.05, 3.63) is 176 Å². The molecule has 0 saturated carbocycles. The fourth-order valence-electron chi connectivity index (χ4n) is 7.69. The van der Waals surface area contributed by atoms with E-state index in [4.69, 9.17) is 4.42 Å². The molecule has 0 spiro atoms. The quantitative estimate of drug-likeness (QED) is 0.197. The van der Waals surface area contributed by atoms with Gasteiger partial charge in [-0.15, -0.1) is 0 Å². The zero-order valence-electron chi connectivity index (χ0n) is 26.1. The van der Waals surface area contributed by atoms with Gasteiger partial charge in [0.25, 0.3) is 0 Å². The maximum absolute atomic E-state index is 6.66. The average Bonchev–Trinajstić information content (AvgIpc) is 3.49. The molecule has 0 bridgehead atoms. The lowest BCUT2D eigenvalue weighted by molar-refractivity contribution is 0.669. The van der Waals surface area contributed by atoms with Gasteiger partial charge in [0, 0.05) is 21.8 Å². The van der Waals surface area contributed by atoms with Crippen molar-refractivity contribution in [2.75, 3.05) is 4.90 Å². The molecule has 1 aromatic heterocycles. The molecule has 1 aliphatic carbocycles. The number of fused-ring (bicyclic) bond motifs is 8. The maximum Gasteiger partial charge on any atom is 0.159 e. The zero-order chi connectivity index (χ0) is 31.6. The summed E-state index contributed by atoms with van der Waals surface area (Å²) in [5.41, 5.74) is 14.9. The Bertz CT molecular complexity index is 2610. The van der Waals surface area contributed by atoms with Crippen LogP contribution in [0, 0.1) is 0 Å². The van der Waals surface area contributed by atoms with Gasteiger partial charge in [0.15, 0.2) is 5.58 Å². The predicted octanol–water partition coefficient (Wildman–Crippen LogP) is 13.2. The summed E-state index contributed by atoms with van der Waals surface area (Å²) in [7, 11) is 0. The Morgan fingerprint density at radius 1 is 0.333 bits per heavy atom. The summed E-state index contributed by atoms with van der Waals surface area (Å²) in [4.78, 5) is 2.38. The fourth-order valence-corrected chi connectivity index (χ4v) is 7.69. The van der Waals surface area contributed by atoms with E-state index in [0.717, 1.165) is 39.0 Å². The van der Waals surface area contributed by atoms with Crippen LogP contribution >= 0.6 is 0 Å². The van der Waals surface area contributed by atoms with Gasteiger partial charge in [-0.25, -0.2) is 0 Å². The van der Waals surface area contributed by atoms with Crippen LogP contribution in [0.1, 0.15) is 0 Å². The highest BCUT2D eigenvalue weighted by molar-refractivity contribution is 6.18. The first-order valence-electron chi connectivity index (χ1n) is 16.4. The van der Waals surface area contributed by atoms with Crippen LogP contribution in [0.3, 0.4) is 0 Å². The van der Waals surface area contributed by atoms with E-state index < -0.39 is 0 Å².